The Morgan fingerprint density at radius 2 is 2.23 bits per heavy atom. The van der Waals surface area contributed by atoms with Crippen LogP contribution in [0.3, 0.4) is 0 Å². The molecular weight excluding hydrogens is 300 g/mol. The molecule has 7 heteroatoms. The van der Waals surface area contributed by atoms with Gasteiger partial charge in [-0.3, -0.25) is 9.59 Å². The van der Waals surface area contributed by atoms with Crippen molar-refractivity contribution in [2.24, 2.45) is 0 Å². The van der Waals surface area contributed by atoms with Gasteiger partial charge in [-0.1, -0.05) is 0 Å². The van der Waals surface area contributed by atoms with E-state index in [4.69, 9.17) is 0 Å². The average molecular weight is 322 g/mol. The van der Waals surface area contributed by atoms with Crippen LogP contribution in [0.15, 0.2) is 6.20 Å². The molecule has 2 aliphatic heterocycles. The maximum atomic E-state index is 12.1. The van der Waals surface area contributed by atoms with Gasteiger partial charge in [0.15, 0.2) is 5.13 Å². The highest BCUT2D eigenvalue weighted by molar-refractivity contribution is 7.15. The van der Waals surface area contributed by atoms with Gasteiger partial charge in [0.2, 0.25) is 11.8 Å². The zero-order chi connectivity index (χ0) is 15.4. The van der Waals surface area contributed by atoms with Gasteiger partial charge in [-0.15, -0.1) is 11.3 Å². The van der Waals surface area contributed by atoms with Crippen molar-refractivity contribution in [2.45, 2.75) is 38.0 Å². The van der Waals surface area contributed by atoms with Crippen LogP contribution in [-0.2, 0) is 9.59 Å². The molecule has 0 aliphatic carbocycles. The van der Waals surface area contributed by atoms with Gasteiger partial charge in [-0.25, -0.2) is 4.98 Å². The van der Waals surface area contributed by atoms with Crippen molar-refractivity contribution in [3.8, 4) is 0 Å². The molecular formula is C15H22N4O2S. The van der Waals surface area contributed by atoms with Crippen molar-refractivity contribution < 1.29 is 9.59 Å². The molecule has 2 aliphatic rings. The Labute approximate surface area is 134 Å². The number of anilines is 1. The Morgan fingerprint density at radius 3 is 3.00 bits per heavy atom. The Morgan fingerprint density at radius 1 is 1.41 bits per heavy atom. The summed E-state index contributed by atoms with van der Waals surface area (Å²) in [6.07, 6.45) is 6.60. The molecule has 0 saturated carbocycles. The SMILES string of the molecule is O=C(CN1CCCCC1=O)Nc1ncc(C2CCNCC2)s1. The minimum atomic E-state index is -0.151. The van der Waals surface area contributed by atoms with Gasteiger partial charge in [0, 0.05) is 24.0 Å². The summed E-state index contributed by atoms with van der Waals surface area (Å²) in [5, 5.41) is 6.82. The van der Waals surface area contributed by atoms with Crippen LogP contribution in [0.5, 0.6) is 0 Å². The number of thiazole rings is 1. The second kappa shape index (κ2) is 7.19. The third-order valence-corrected chi connectivity index (χ3v) is 5.34. The quantitative estimate of drug-likeness (QED) is 0.882. The molecule has 0 atom stereocenters. The normalized spacial score (nSPS) is 20.2. The molecule has 1 aromatic heterocycles. The van der Waals surface area contributed by atoms with Gasteiger partial charge in [-0.05, 0) is 44.7 Å². The predicted octanol–water partition coefficient (Wildman–Crippen LogP) is 1.56. The molecule has 2 N–H and O–H groups in total. The van der Waals surface area contributed by atoms with E-state index < -0.39 is 0 Å². The number of carbonyl (C=O) groups excluding carboxylic acids is 2. The first-order valence-corrected chi connectivity index (χ1v) is 8.78. The molecule has 0 unspecified atom stereocenters. The zero-order valence-electron chi connectivity index (χ0n) is 12.6. The molecule has 22 heavy (non-hydrogen) atoms. The number of nitrogens with one attached hydrogen (secondary N) is 2. The molecule has 0 aromatic carbocycles. The molecule has 0 radical (unpaired) electrons. The van der Waals surface area contributed by atoms with E-state index >= 15 is 0 Å². The summed E-state index contributed by atoms with van der Waals surface area (Å²) >= 11 is 1.56. The summed E-state index contributed by atoms with van der Waals surface area (Å²) in [5.74, 6) is 0.477. The number of piperidine rings is 2. The minimum absolute atomic E-state index is 0.0796. The molecule has 3 heterocycles. The van der Waals surface area contributed by atoms with Crippen LogP contribution in [0.25, 0.3) is 0 Å². The van der Waals surface area contributed by atoms with E-state index in [1.807, 2.05) is 6.20 Å². The van der Waals surface area contributed by atoms with Gasteiger partial charge < -0.3 is 15.5 Å². The fourth-order valence-electron chi connectivity index (χ4n) is 3.00. The van der Waals surface area contributed by atoms with Crippen LogP contribution in [-0.4, -0.2) is 47.9 Å². The molecule has 2 fully saturated rings. The van der Waals surface area contributed by atoms with Gasteiger partial charge in [0.05, 0.1) is 6.54 Å². The van der Waals surface area contributed by atoms with Crippen molar-refractivity contribution in [3.63, 3.8) is 0 Å². The van der Waals surface area contributed by atoms with Crippen LogP contribution in [0, 0.1) is 0 Å². The third kappa shape index (κ3) is 3.84. The van der Waals surface area contributed by atoms with E-state index in [1.54, 1.807) is 16.2 Å². The summed E-state index contributed by atoms with van der Waals surface area (Å²) in [6, 6.07) is 0. The van der Waals surface area contributed by atoms with Crippen molar-refractivity contribution in [2.75, 3.05) is 31.5 Å². The van der Waals surface area contributed by atoms with Crippen LogP contribution in [0.4, 0.5) is 5.13 Å². The Hall–Kier alpha value is -1.47. The zero-order valence-corrected chi connectivity index (χ0v) is 13.5. The third-order valence-electron chi connectivity index (χ3n) is 4.27. The number of amides is 2. The number of aromatic nitrogens is 1. The summed E-state index contributed by atoms with van der Waals surface area (Å²) in [7, 11) is 0. The summed E-state index contributed by atoms with van der Waals surface area (Å²) < 4.78 is 0. The Bertz CT molecular complexity index is 539. The first kappa shape index (κ1) is 15.4. The molecule has 6 nitrogen and oxygen atoms in total. The van der Waals surface area contributed by atoms with E-state index in [1.165, 1.54) is 4.88 Å². The number of likely N-dealkylation sites (tertiary alicyclic amines) is 1. The highest BCUT2D eigenvalue weighted by Gasteiger charge is 2.22. The Kier molecular flexibility index (Phi) is 5.04. The summed E-state index contributed by atoms with van der Waals surface area (Å²) in [6.45, 7) is 2.91. The molecule has 3 rings (SSSR count). The van der Waals surface area contributed by atoms with E-state index in [9.17, 15) is 9.59 Å². The largest absolute Gasteiger partial charge is 0.333 e. The maximum absolute atomic E-state index is 12.1. The highest BCUT2D eigenvalue weighted by atomic mass is 32.1. The lowest BCUT2D eigenvalue weighted by Crippen LogP contribution is -2.40. The molecule has 2 saturated heterocycles. The maximum Gasteiger partial charge on any atom is 0.245 e. The van der Waals surface area contributed by atoms with Crippen molar-refractivity contribution >= 4 is 28.3 Å². The van der Waals surface area contributed by atoms with Crippen molar-refractivity contribution in [1.29, 1.82) is 0 Å². The fraction of sp³-hybridized carbons (Fsp3) is 0.667. The lowest BCUT2D eigenvalue weighted by atomic mass is 9.97. The second-order valence-electron chi connectivity index (χ2n) is 5.91. The highest BCUT2D eigenvalue weighted by Crippen LogP contribution is 2.31. The predicted molar refractivity (Wildman–Crippen MR) is 86.0 cm³/mol. The molecule has 0 spiro atoms. The molecule has 0 bridgehead atoms. The Balaban J connectivity index is 1.53. The van der Waals surface area contributed by atoms with E-state index in [0.717, 1.165) is 38.8 Å². The van der Waals surface area contributed by atoms with Gasteiger partial charge >= 0.3 is 0 Å². The lowest BCUT2D eigenvalue weighted by Gasteiger charge is -2.25. The fourth-order valence-corrected chi connectivity index (χ4v) is 4.00. The molecule has 2 amide bonds. The first-order valence-electron chi connectivity index (χ1n) is 7.96. The first-order chi connectivity index (χ1) is 10.7. The summed E-state index contributed by atoms with van der Waals surface area (Å²) in [5.41, 5.74) is 0. The monoisotopic (exact) mass is 322 g/mol. The van der Waals surface area contributed by atoms with E-state index in [2.05, 4.69) is 15.6 Å². The van der Waals surface area contributed by atoms with Crippen LogP contribution in [0.2, 0.25) is 0 Å². The smallest absolute Gasteiger partial charge is 0.245 e. The topological polar surface area (TPSA) is 74.3 Å². The number of nitrogens with zero attached hydrogens (tertiary/aromatic N) is 2. The molecule has 1 aromatic rings. The van der Waals surface area contributed by atoms with Crippen LogP contribution in [0.1, 0.15) is 42.9 Å². The standard InChI is InChI=1S/C15H22N4O2S/c20-13(10-19-8-2-1-3-14(19)21)18-15-17-9-12(22-15)11-4-6-16-7-5-11/h9,11,16H,1-8,10H2,(H,17,18,20). The van der Waals surface area contributed by atoms with Crippen LogP contribution >= 0.6 is 11.3 Å². The number of hydrogen-bond donors (Lipinski definition) is 2. The second-order valence-corrected chi connectivity index (χ2v) is 6.97. The van der Waals surface area contributed by atoms with Crippen molar-refractivity contribution in [3.05, 3.63) is 11.1 Å². The summed E-state index contributed by atoms with van der Waals surface area (Å²) in [4.78, 5) is 31.0. The minimum Gasteiger partial charge on any atom is -0.333 e. The molecule has 120 valence electrons. The number of carbonyl (C=O) groups is 2. The average Bonchev–Trinajstić information content (AvgIpc) is 2.99. The number of hydrogen-bond acceptors (Lipinski definition) is 5. The van der Waals surface area contributed by atoms with E-state index in [-0.39, 0.29) is 18.4 Å². The van der Waals surface area contributed by atoms with Gasteiger partial charge in [-0.2, -0.15) is 0 Å². The lowest BCUT2D eigenvalue weighted by molar-refractivity contribution is -0.136. The van der Waals surface area contributed by atoms with E-state index in [0.29, 0.717) is 24.0 Å². The number of rotatable bonds is 4. The van der Waals surface area contributed by atoms with Gasteiger partial charge in [0.25, 0.3) is 0 Å². The van der Waals surface area contributed by atoms with Crippen molar-refractivity contribution in [1.82, 2.24) is 15.2 Å². The van der Waals surface area contributed by atoms with Crippen LogP contribution < -0.4 is 10.6 Å². The van der Waals surface area contributed by atoms with Gasteiger partial charge in [0.1, 0.15) is 0 Å².